The number of amides is 1. The molecule has 114 valence electrons. The molecule has 1 unspecified atom stereocenters. The van der Waals surface area contributed by atoms with Crippen molar-refractivity contribution in [2.45, 2.75) is 31.7 Å². The highest BCUT2D eigenvalue weighted by molar-refractivity contribution is 6.34. The molecule has 0 bridgehead atoms. The fraction of sp³-hybridized carbons (Fsp3) is 0.500. The molecule has 1 aliphatic heterocycles. The maximum absolute atomic E-state index is 12.7. The molecule has 7 heteroatoms. The van der Waals surface area contributed by atoms with E-state index in [2.05, 4.69) is 0 Å². The third-order valence-electron chi connectivity index (χ3n) is 3.79. The Bertz CT molecular complexity index is 548. The molecule has 1 atom stereocenters. The van der Waals surface area contributed by atoms with Gasteiger partial charge in [0.1, 0.15) is 5.56 Å². The Morgan fingerprint density at radius 2 is 2.24 bits per heavy atom. The molecular formula is C14H18ClN3O3. The van der Waals surface area contributed by atoms with Crippen LogP contribution < -0.4 is 5.73 Å². The number of nitrogens with zero attached hydrogens (tertiary/aromatic N) is 2. The highest BCUT2D eigenvalue weighted by atomic mass is 35.5. The lowest BCUT2D eigenvalue weighted by molar-refractivity contribution is -0.385. The van der Waals surface area contributed by atoms with Crippen molar-refractivity contribution in [2.24, 2.45) is 5.73 Å². The van der Waals surface area contributed by atoms with E-state index in [9.17, 15) is 14.9 Å². The average Bonchev–Trinajstić information content (AvgIpc) is 2.47. The summed E-state index contributed by atoms with van der Waals surface area (Å²) in [6, 6.07) is 4.32. The van der Waals surface area contributed by atoms with Gasteiger partial charge in [0, 0.05) is 18.7 Å². The molecule has 1 aromatic rings. The largest absolute Gasteiger partial charge is 0.335 e. The quantitative estimate of drug-likeness (QED) is 0.683. The van der Waals surface area contributed by atoms with E-state index in [1.165, 1.54) is 18.2 Å². The lowest BCUT2D eigenvalue weighted by atomic mass is 9.98. The summed E-state index contributed by atoms with van der Waals surface area (Å²) < 4.78 is 0. The zero-order valence-electron chi connectivity index (χ0n) is 11.6. The Morgan fingerprint density at radius 3 is 2.90 bits per heavy atom. The second kappa shape index (κ2) is 6.87. The minimum atomic E-state index is -0.568. The number of nitro groups is 1. The van der Waals surface area contributed by atoms with Gasteiger partial charge in [-0.25, -0.2) is 0 Å². The maximum atomic E-state index is 12.7. The molecule has 0 spiro atoms. The molecule has 1 heterocycles. The summed E-state index contributed by atoms with van der Waals surface area (Å²) in [5, 5.41) is 11.2. The first-order chi connectivity index (χ1) is 10.1. The number of rotatable bonds is 4. The van der Waals surface area contributed by atoms with Gasteiger partial charge in [-0.15, -0.1) is 0 Å². The number of nitrogens with two attached hydrogens (primary N) is 1. The summed E-state index contributed by atoms with van der Waals surface area (Å²) >= 11 is 6.04. The third-order valence-corrected chi connectivity index (χ3v) is 4.11. The summed E-state index contributed by atoms with van der Waals surface area (Å²) in [5.74, 6) is -0.370. The minimum Gasteiger partial charge on any atom is -0.335 e. The number of hydrogen-bond acceptors (Lipinski definition) is 4. The zero-order valence-corrected chi connectivity index (χ0v) is 12.4. The maximum Gasteiger partial charge on any atom is 0.283 e. The summed E-state index contributed by atoms with van der Waals surface area (Å²) in [4.78, 5) is 25.0. The first kappa shape index (κ1) is 15.7. The van der Waals surface area contributed by atoms with Crippen molar-refractivity contribution < 1.29 is 9.72 Å². The topological polar surface area (TPSA) is 89.5 Å². The first-order valence-electron chi connectivity index (χ1n) is 7.00. The zero-order chi connectivity index (χ0) is 15.4. The van der Waals surface area contributed by atoms with E-state index in [-0.39, 0.29) is 28.2 Å². The smallest absolute Gasteiger partial charge is 0.283 e. The van der Waals surface area contributed by atoms with Gasteiger partial charge in [0.2, 0.25) is 0 Å². The predicted molar refractivity (Wildman–Crippen MR) is 80.5 cm³/mol. The van der Waals surface area contributed by atoms with E-state index in [4.69, 9.17) is 17.3 Å². The fourth-order valence-electron chi connectivity index (χ4n) is 2.78. The van der Waals surface area contributed by atoms with Gasteiger partial charge < -0.3 is 10.6 Å². The van der Waals surface area contributed by atoms with E-state index in [1.807, 2.05) is 0 Å². The Labute approximate surface area is 128 Å². The predicted octanol–water partition coefficient (Wildman–Crippen LogP) is 2.59. The Hall–Kier alpha value is -1.66. The van der Waals surface area contributed by atoms with Gasteiger partial charge in [0.15, 0.2) is 0 Å². The standard InChI is InChI=1S/C14H18ClN3O3/c15-11-5-3-6-12(18(20)21)13(11)14(19)17-9-2-1-4-10(17)7-8-16/h3,5-6,10H,1-2,4,7-9,16H2. The summed E-state index contributed by atoms with van der Waals surface area (Å²) in [5.41, 5.74) is 5.33. The molecular weight excluding hydrogens is 294 g/mol. The molecule has 6 nitrogen and oxygen atoms in total. The number of halogens is 1. The number of nitro benzene ring substituents is 1. The molecule has 0 aliphatic carbocycles. The molecule has 0 aromatic heterocycles. The highest BCUT2D eigenvalue weighted by Crippen LogP contribution is 2.30. The molecule has 21 heavy (non-hydrogen) atoms. The fourth-order valence-corrected chi connectivity index (χ4v) is 3.03. The van der Waals surface area contributed by atoms with Crippen LogP contribution in [-0.2, 0) is 0 Å². The third kappa shape index (κ3) is 3.33. The Kier molecular flexibility index (Phi) is 5.14. The average molecular weight is 312 g/mol. The van der Waals surface area contributed by atoms with Crippen molar-refractivity contribution in [3.8, 4) is 0 Å². The van der Waals surface area contributed by atoms with Crippen LogP contribution in [0.4, 0.5) is 5.69 Å². The van der Waals surface area contributed by atoms with Crippen LogP contribution in [-0.4, -0.2) is 34.9 Å². The molecule has 1 aromatic carbocycles. The van der Waals surface area contributed by atoms with Crippen LogP contribution in [0.3, 0.4) is 0 Å². The van der Waals surface area contributed by atoms with Gasteiger partial charge in [-0.2, -0.15) is 0 Å². The summed E-state index contributed by atoms with van der Waals surface area (Å²) in [6.07, 6.45) is 3.51. The van der Waals surface area contributed by atoms with Crippen LogP contribution in [0, 0.1) is 10.1 Å². The SMILES string of the molecule is NCCC1CCCCN1C(=O)c1c(Cl)cccc1[N+](=O)[O-]. The van der Waals surface area contributed by atoms with Crippen molar-refractivity contribution in [2.75, 3.05) is 13.1 Å². The number of hydrogen-bond donors (Lipinski definition) is 1. The molecule has 2 N–H and O–H groups in total. The van der Waals surface area contributed by atoms with Gasteiger partial charge in [-0.3, -0.25) is 14.9 Å². The van der Waals surface area contributed by atoms with Gasteiger partial charge in [0.25, 0.3) is 11.6 Å². The monoisotopic (exact) mass is 311 g/mol. The molecule has 0 radical (unpaired) electrons. The normalized spacial score (nSPS) is 18.6. The van der Waals surface area contributed by atoms with Crippen molar-refractivity contribution in [3.63, 3.8) is 0 Å². The van der Waals surface area contributed by atoms with Gasteiger partial charge in [0.05, 0.1) is 9.95 Å². The van der Waals surface area contributed by atoms with Gasteiger partial charge >= 0.3 is 0 Å². The number of carbonyl (C=O) groups is 1. The number of likely N-dealkylation sites (tertiary alicyclic amines) is 1. The molecule has 2 rings (SSSR count). The van der Waals surface area contributed by atoms with E-state index < -0.39 is 4.92 Å². The van der Waals surface area contributed by atoms with Crippen molar-refractivity contribution in [3.05, 3.63) is 38.9 Å². The lowest BCUT2D eigenvalue weighted by Gasteiger charge is -2.35. The number of carbonyl (C=O) groups excluding carboxylic acids is 1. The summed E-state index contributed by atoms with van der Waals surface area (Å²) in [7, 11) is 0. The van der Waals surface area contributed by atoms with Crippen LogP contribution in [0.25, 0.3) is 0 Å². The molecule has 0 saturated carbocycles. The van der Waals surface area contributed by atoms with Crippen LogP contribution in [0.15, 0.2) is 18.2 Å². The Balaban J connectivity index is 2.36. The molecule has 1 aliphatic rings. The van der Waals surface area contributed by atoms with Crippen LogP contribution in [0.5, 0.6) is 0 Å². The van der Waals surface area contributed by atoms with Crippen molar-refractivity contribution in [1.82, 2.24) is 4.90 Å². The second-order valence-electron chi connectivity index (χ2n) is 5.12. The highest BCUT2D eigenvalue weighted by Gasteiger charge is 2.32. The lowest BCUT2D eigenvalue weighted by Crippen LogP contribution is -2.44. The molecule has 1 saturated heterocycles. The van der Waals surface area contributed by atoms with E-state index in [0.717, 1.165) is 19.3 Å². The number of piperidine rings is 1. The van der Waals surface area contributed by atoms with Crippen LogP contribution >= 0.6 is 11.6 Å². The van der Waals surface area contributed by atoms with Crippen LogP contribution in [0.2, 0.25) is 5.02 Å². The van der Waals surface area contributed by atoms with Gasteiger partial charge in [-0.1, -0.05) is 17.7 Å². The van der Waals surface area contributed by atoms with E-state index >= 15 is 0 Å². The number of benzene rings is 1. The Morgan fingerprint density at radius 1 is 1.48 bits per heavy atom. The van der Waals surface area contributed by atoms with Crippen LogP contribution in [0.1, 0.15) is 36.0 Å². The molecule has 1 fully saturated rings. The van der Waals surface area contributed by atoms with Crippen molar-refractivity contribution in [1.29, 1.82) is 0 Å². The molecule has 1 amide bonds. The van der Waals surface area contributed by atoms with Gasteiger partial charge in [-0.05, 0) is 38.3 Å². The van der Waals surface area contributed by atoms with E-state index in [0.29, 0.717) is 19.5 Å². The minimum absolute atomic E-state index is 0.0203. The van der Waals surface area contributed by atoms with E-state index in [1.54, 1.807) is 4.90 Å². The first-order valence-corrected chi connectivity index (χ1v) is 7.38. The second-order valence-corrected chi connectivity index (χ2v) is 5.52. The summed E-state index contributed by atoms with van der Waals surface area (Å²) in [6.45, 7) is 1.07. The van der Waals surface area contributed by atoms with Crippen molar-refractivity contribution >= 4 is 23.2 Å².